The predicted octanol–water partition coefficient (Wildman–Crippen LogP) is 3.55. The van der Waals surface area contributed by atoms with E-state index in [-0.39, 0.29) is 6.04 Å². The quantitative estimate of drug-likeness (QED) is 0.914. The van der Waals surface area contributed by atoms with Crippen LogP contribution in [-0.2, 0) is 0 Å². The first-order chi connectivity index (χ1) is 9.27. The molecule has 19 heavy (non-hydrogen) atoms. The normalized spacial score (nSPS) is 12.2. The predicted molar refractivity (Wildman–Crippen MR) is 80.5 cm³/mol. The summed E-state index contributed by atoms with van der Waals surface area (Å²) in [6, 6.07) is 11.9. The number of aromatic nitrogens is 1. The Morgan fingerprint density at radius 2 is 2.05 bits per heavy atom. The van der Waals surface area contributed by atoms with E-state index in [2.05, 4.69) is 39.2 Å². The van der Waals surface area contributed by atoms with Gasteiger partial charge in [-0.05, 0) is 40.7 Å². The van der Waals surface area contributed by atoms with Crippen molar-refractivity contribution < 1.29 is 4.74 Å². The minimum absolute atomic E-state index is 0.0109. The molecule has 0 aliphatic carbocycles. The highest BCUT2D eigenvalue weighted by Gasteiger charge is 2.20. The number of ether oxygens (including phenoxy) is 1. The number of nitrogens with one attached hydrogen (secondary N) is 1. The number of hydrogen-bond donors (Lipinski definition) is 1. The third-order valence-corrected chi connectivity index (χ3v) is 3.59. The second kappa shape index (κ2) is 6.68. The van der Waals surface area contributed by atoms with Crippen molar-refractivity contribution in [3.05, 3.63) is 58.3 Å². The molecule has 2 rings (SSSR count). The average molecular weight is 321 g/mol. The molecule has 0 saturated carbocycles. The molecule has 1 aromatic carbocycles. The molecule has 0 spiro atoms. The Balaban J connectivity index is 2.49. The van der Waals surface area contributed by atoms with Crippen molar-refractivity contribution in [2.24, 2.45) is 0 Å². The zero-order valence-corrected chi connectivity index (χ0v) is 12.6. The van der Waals surface area contributed by atoms with Crippen LogP contribution in [0.15, 0.2) is 47.1 Å². The Hall–Kier alpha value is -1.39. The van der Waals surface area contributed by atoms with Crippen LogP contribution < -0.4 is 10.1 Å². The number of methoxy groups -OCH3 is 1. The Kier molecular flexibility index (Phi) is 4.93. The lowest BCUT2D eigenvalue weighted by Crippen LogP contribution is -2.23. The maximum absolute atomic E-state index is 5.45. The van der Waals surface area contributed by atoms with Crippen molar-refractivity contribution >= 4 is 15.9 Å². The summed E-state index contributed by atoms with van der Waals surface area (Å²) in [7, 11) is 1.69. The fourth-order valence-corrected chi connectivity index (χ4v) is 2.56. The maximum Gasteiger partial charge on any atom is 0.124 e. The highest BCUT2D eigenvalue weighted by Crippen LogP contribution is 2.32. The number of benzene rings is 1. The number of pyridine rings is 1. The fourth-order valence-electron chi connectivity index (χ4n) is 2.07. The summed E-state index contributed by atoms with van der Waals surface area (Å²) in [6.07, 6.45) is 1.81. The molecular formula is C15H17BrN2O. The lowest BCUT2D eigenvalue weighted by atomic mass is 10.0. The molecule has 0 bridgehead atoms. The molecule has 1 aromatic heterocycles. The summed E-state index contributed by atoms with van der Waals surface area (Å²) >= 11 is 3.57. The molecule has 4 heteroatoms. The van der Waals surface area contributed by atoms with Gasteiger partial charge in [0.2, 0.25) is 0 Å². The Morgan fingerprint density at radius 1 is 1.26 bits per heavy atom. The standard InChI is InChI=1S/C15H17BrN2O/c1-3-17-14(15-12(16)8-6-10-18-15)11-7-4-5-9-13(11)19-2/h4-10,14,17H,3H2,1-2H3. The van der Waals surface area contributed by atoms with E-state index in [4.69, 9.17) is 4.74 Å². The van der Waals surface area contributed by atoms with E-state index in [1.54, 1.807) is 13.3 Å². The highest BCUT2D eigenvalue weighted by atomic mass is 79.9. The second-order valence-corrected chi connectivity index (χ2v) is 4.96. The number of hydrogen-bond acceptors (Lipinski definition) is 3. The van der Waals surface area contributed by atoms with Gasteiger partial charge in [-0.2, -0.15) is 0 Å². The number of halogens is 1. The topological polar surface area (TPSA) is 34.1 Å². The first-order valence-corrected chi connectivity index (χ1v) is 7.04. The molecule has 1 heterocycles. The largest absolute Gasteiger partial charge is 0.496 e. The molecule has 1 atom stereocenters. The fraction of sp³-hybridized carbons (Fsp3) is 0.267. The first kappa shape index (κ1) is 14.0. The number of rotatable bonds is 5. The van der Waals surface area contributed by atoms with Gasteiger partial charge in [-0.1, -0.05) is 25.1 Å². The van der Waals surface area contributed by atoms with Gasteiger partial charge in [0.05, 0.1) is 18.8 Å². The molecule has 1 unspecified atom stereocenters. The van der Waals surface area contributed by atoms with Gasteiger partial charge in [0.1, 0.15) is 5.75 Å². The van der Waals surface area contributed by atoms with E-state index in [0.717, 1.165) is 28.0 Å². The minimum atomic E-state index is 0.0109. The van der Waals surface area contributed by atoms with Crippen LogP contribution in [0.4, 0.5) is 0 Å². The Morgan fingerprint density at radius 3 is 2.74 bits per heavy atom. The molecule has 0 aliphatic rings. The second-order valence-electron chi connectivity index (χ2n) is 4.10. The molecule has 3 nitrogen and oxygen atoms in total. The van der Waals surface area contributed by atoms with Crippen molar-refractivity contribution in [2.75, 3.05) is 13.7 Å². The van der Waals surface area contributed by atoms with Crippen molar-refractivity contribution in [3.8, 4) is 5.75 Å². The SMILES string of the molecule is CCNC(c1ccccc1OC)c1ncccc1Br. The van der Waals surface area contributed by atoms with Gasteiger partial charge < -0.3 is 10.1 Å². The molecule has 0 radical (unpaired) electrons. The summed E-state index contributed by atoms with van der Waals surface area (Å²) in [4.78, 5) is 4.48. The van der Waals surface area contributed by atoms with Crippen LogP contribution in [0.1, 0.15) is 24.2 Å². The molecule has 2 aromatic rings. The first-order valence-electron chi connectivity index (χ1n) is 6.24. The molecule has 0 fully saturated rings. The van der Waals surface area contributed by atoms with Gasteiger partial charge in [0.15, 0.2) is 0 Å². The van der Waals surface area contributed by atoms with E-state index in [0.29, 0.717) is 0 Å². The van der Waals surface area contributed by atoms with Crippen molar-refractivity contribution in [1.29, 1.82) is 0 Å². The molecule has 0 amide bonds. The van der Waals surface area contributed by atoms with Gasteiger partial charge in [-0.3, -0.25) is 4.98 Å². The molecule has 1 N–H and O–H groups in total. The van der Waals surface area contributed by atoms with E-state index >= 15 is 0 Å². The number of para-hydroxylation sites is 1. The Bertz CT molecular complexity index is 545. The summed E-state index contributed by atoms with van der Waals surface area (Å²) in [6.45, 7) is 2.94. The Labute approximate surface area is 122 Å². The summed E-state index contributed by atoms with van der Waals surface area (Å²) in [5.74, 6) is 0.867. The summed E-state index contributed by atoms with van der Waals surface area (Å²) < 4.78 is 6.44. The smallest absolute Gasteiger partial charge is 0.124 e. The van der Waals surface area contributed by atoms with Crippen molar-refractivity contribution in [2.45, 2.75) is 13.0 Å². The van der Waals surface area contributed by atoms with E-state index < -0.39 is 0 Å². The van der Waals surface area contributed by atoms with E-state index in [1.807, 2.05) is 30.3 Å². The zero-order valence-electron chi connectivity index (χ0n) is 11.1. The van der Waals surface area contributed by atoms with Gasteiger partial charge in [0.25, 0.3) is 0 Å². The summed E-state index contributed by atoms with van der Waals surface area (Å²) in [5.41, 5.74) is 2.06. The van der Waals surface area contributed by atoms with Gasteiger partial charge in [-0.25, -0.2) is 0 Å². The molecule has 0 aliphatic heterocycles. The summed E-state index contributed by atoms with van der Waals surface area (Å²) in [5, 5.41) is 3.46. The average Bonchev–Trinajstić information content (AvgIpc) is 2.46. The maximum atomic E-state index is 5.45. The molecular weight excluding hydrogens is 304 g/mol. The van der Waals surface area contributed by atoms with Crippen LogP contribution >= 0.6 is 15.9 Å². The molecule has 100 valence electrons. The lowest BCUT2D eigenvalue weighted by Gasteiger charge is -2.21. The van der Waals surface area contributed by atoms with Gasteiger partial charge in [-0.15, -0.1) is 0 Å². The van der Waals surface area contributed by atoms with Crippen LogP contribution in [0.5, 0.6) is 5.75 Å². The van der Waals surface area contributed by atoms with Gasteiger partial charge in [0, 0.05) is 16.2 Å². The monoisotopic (exact) mass is 320 g/mol. The third kappa shape index (κ3) is 3.14. The van der Waals surface area contributed by atoms with Crippen LogP contribution in [0.25, 0.3) is 0 Å². The highest BCUT2D eigenvalue weighted by molar-refractivity contribution is 9.10. The molecule has 0 saturated heterocycles. The van der Waals surface area contributed by atoms with Gasteiger partial charge >= 0.3 is 0 Å². The lowest BCUT2D eigenvalue weighted by molar-refractivity contribution is 0.403. The van der Waals surface area contributed by atoms with E-state index in [1.165, 1.54) is 0 Å². The van der Waals surface area contributed by atoms with Crippen LogP contribution in [0.3, 0.4) is 0 Å². The van der Waals surface area contributed by atoms with E-state index in [9.17, 15) is 0 Å². The third-order valence-electron chi connectivity index (χ3n) is 2.92. The van der Waals surface area contributed by atoms with Crippen LogP contribution in [-0.4, -0.2) is 18.6 Å². The number of nitrogens with zero attached hydrogens (tertiary/aromatic N) is 1. The zero-order chi connectivity index (χ0) is 13.7. The van der Waals surface area contributed by atoms with Crippen LogP contribution in [0, 0.1) is 0 Å². The minimum Gasteiger partial charge on any atom is -0.496 e. The van der Waals surface area contributed by atoms with Crippen molar-refractivity contribution in [1.82, 2.24) is 10.3 Å². The van der Waals surface area contributed by atoms with Crippen LogP contribution in [0.2, 0.25) is 0 Å². The van der Waals surface area contributed by atoms with Crippen molar-refractivity contribution in [3.63, 3.8) is 0 Å².